The summed E-state index contributed by atoms with van der Waals surface area (Å²) in [6.07, 6.45) is -0.812. The van der Waals surface area contributed by atoms with E-state index in [2.05, 4.69) is 5.32 Å². The van der Waals surface area contributed by atoms with Gasteiger partial charge in [-0.1, -0.05) is 41.4 Å². The van der Waals surface area contributed by atoms with Gasteiger partial charge in [0.2, 0.25) is 0 Å². The Morgan fingerprint density at radius 1 is 1.12 bits per heavy atom. The molecular weight excluding hydrogens is 395 g/mol. The summed E-state index contributed by atoms with van der Waals surface area (Å²) in [5.74, 6) is -0.0429. The zero-order valence-corrected chi connectivity index (χ0v) is 16.8. The van der Waals surface area contributed by atoms with Crippen molar-refractivity contribution < 1.29 is 14.3 Å². The van der Waals surface area contributed by atoms with Crippen molar-refractivity contribution in [3.8, 4) is 5.75 Å². The van der Waals surface area contributed by atoms with Gasteiger partial charge in [-0.3, -0.25) is 9.59 Å². The van der Waals surface area contributed by atoms with Crippen molar-refractivity contribution in [3.63, 3.8) is 0 Å². The Morgan fingerprint density at radius 3 is 2.50 bits per heavy atom. The highest BCUT2D eigenvalue weighted by atomic mass is 35.5. The number of nitrogens with one attached hydrogen (secondary N) is 1. The van der Waals surface area contributed by atoms with Gasteiger partial charge in [0.25, 0.3) is 11.1 Å². The average Bonchev–Trinajstić information content (AvgIpc) is 2.60. The van der Waals surface area contributed by atoms with Gasteiger partial charge in [0.1, 0.15) is 10.8 Å². The Hall–Kier alpha value is -1.89. The van der Waals surface area contributed by atoms with Gasteiger partial charge >= 0.3 is 0 Å². The number of para-hydroxylation sites is 1. The minimum absolute atomic E-state index is 0.137. The third kappa shape index (κ3) is 5.30. The lowest BCUT2D eigenvalue weighted by Gasteiger charge is -2.17. The highest BCUT2D eigenvalue weighted by molar-refractivity contribution is 8.13. The fourth-order valence-electron chi connectivity index (χ4n) is 1.90. The van der Waals surface area contributed by atoms with Gasteiger partial charge in [0.05, 0.1) is 10.7 Å². The van der Waals surface area contributed by atoms with Gasteiger partial charge in [0, 0.05) is 19.0 Å². The molecule has 5 nitrogen and oxygen atoms in total. The summed E-state index contributed by atoms with van der Waals surface area (Å²) < 4.78 is 5.61. The van der Waals surface area contributed by atoms with Crippen molar-refractivity contribution in [2.24, 2.45) is 0 Å². The third-order valence-corrected chi connectivity index (χ3v) is 5.21. The molecule has 0 aliphatic rings. The molecule has 0 aliphatic heterocycles. The van der Waals surface area contributed by atoms with E-state index in [0.29, 0.717) is 21.4 Å². The van der Waals surface area contributed by atoms with Crippen molar-refractivity contribution in [2.45, 2.75) is 17.9 Å². The van der Waals surface area contributed by atoms with Crippen LogP contribution < -0.4 is 10.1 Å². The topological polar surface area (TPSA) is 58.6 Å². The molecule has 0 bridgehead atoms. The molecular formula is C18H18Cl2N2O3S. The molecule has 138 valence electrons. The van der Waals surface area contributed by atoms with Crippen LogP contribution in [0.25, 0.3) is 0 Å². The maximum Gasteiger partial charge on any atom is 0.286 e. The second kappa shape index (κ2) is 9.16. The first kappa shape index (κ1) is 20.4. The molecule has 2 aromatic rings. The fourth-order valence-corrected chi connectivity index (χ4v) is 2.98. The molecule has 0 saturated heterocycles. The maximum absolute atomic E-state index is 12.5. The average molecular weight is 413 g/mol. The molecule has 2 amide bonds. The summed E-state index contributed by atoms with van der Waals surface area (Å²) in [6.45, 7) is 1.60. The predicted molar refractivity (Wildman–Crippen MR) is 107 cm³/mol. The van der Waals surface area contributed by atoms with Gasteiger partial charge in [-0.25, -0.2) is 0 Å². The van der Waals surface area contributed by atoms with Crippen molar-refractivity contribution in [2.75, 3.05) is 19.4 Å². The van der Waals surface area contributed by atoms with E-state index in [0.717, 1.165) is 11.8 Å². The number of carbonyl (C=O) groups is 2. The zero-order chi connectivity index (χ0) is 19.3. The third-order valence-electron chi connectivity index (χ3n) is 3.30. The molecule has 0 fully saturated rings. The first-order valence-corrected chi connectivity index (χ1v) is 9.26. The number of rotatable bonds is 5. The number of anilines is 1. The van der Waals surface area contributed by atoms with Crippen molar-refractivity contribution in [1.82, 2.24) is 4.90 Å². The number of hydrogen-bond donors (Lipinski definition) is 1. The number of nitrogens with zero attached hydrogens (tertiary/aromatic N) is 1. The quantitative estimate of drug-likeness (QED) is 0.687. The van der Waals surface area contributed by atoms with Gasteiger partial charge in [-0.15, -0.1) is 0 Å². The molecule has 1 unspecified atom stereocenters. The number of ether oxygens (including phenoxy) is 1. The van der Waals surface area contributed by atoms with Crippen LogP contribution in [0.4, 0.5) is 10.5 Å². The van der Waals surface area contributed by atoms with E-state index in [9.17, 15) is 9.59 Å². The van der Waals surface area contributed by atoms with E-state index in [1.807, 2.05) is 0 Å². The van der Waals surface area contributed by atoms with Crippen LogP contribution in [0.5, 0.6) is 5.75 Å². The van der Waals surface area contributed by atoms with E-state index in [4.69, 9.17) is 27.9 Å². The highest BCUT2D eigenvalue weighted by Gasteiger charge is 2.19. The second-order valence-corrected chi connectivity index (χ2v) is 7.34. The van der Waals surface area contributed by atoms with E-state index in [1.165, 1.54) is 4.90 Å². The van der Waals surface area contributed by atoms with Crippen molar-refractivity contribution in [3.05, 3.63) is 52.5 Å². The Labute approximate surface area is 166 Å². The SMILES string of the molecule is CC(Oc1cccc(Cl)c1Cl)C(=O)Nc1ccccc1SC(=O)N(C)C. The zero-order valence-electron chi connectivity index (χ0n) is 14.5. The van der Waals surface area contributed by atoms with E-state index in [-0.39, 0.29) is 16.2 Å². The molecule has 0 radical (unpaired) electrons. The maximum atomic E-state index is 12.5. The van der Waals surface area contributed by atoms with Gasteiger partial charge in [-0.05, 0) is 43.0 Å². The molecule has 1 atom stereocenters. The summed E-state index contributed by atoms with van der Waals surface area (Å²) in [6, 6.07) is 12.0. The Bertz CT molecular complexity index is 815. The molecule has 0 aliphatic carbocycles. The molecule has 0 aromatic heterocycles. The first-order valence-electron chi connectivity index (χ1n) is 7.69. The standard InChI is InChI=1S/C18H18Cl2N2O3S/c1-11(25-14-9-6-7-12(19)16(14)20)17(23)21-13-8-4-5-10-15(13)26-18(24)22(2)3/h4-11H,1-3H3,(H,21,23). The lowest BCUT2D eigenvalue weighted by molar-refractivity contribution is -0.122. The molecule has 0 spiro atoms. The number of hydrogen-bond acceptors (Lipinski definition) is 4. The summed E-state index contributed by atoms with van der Waals surface area (Å²) >= 11 is 13.1. The molecule has 2 aromatic carbocycles. The summed E-state index contributed by atoms with van der Waals surface area (Å²) in [5, 5.41) is 3.24. The first-order chi connectivity index (χ1) is 12.3. The number of halogens is 2. The monoisotopic (exact) mass is 412 g/mol. The summed E-state index contributed by atoms with van der Waals surface area (Å²) in [4.78, 5) is 26.5. The van der Waals surface area contributed by atoms with Crippen LogP contribution in [0.3, 0.4) is 0 Å². The number of benzene rings is 2. The van der Waals surface area contributed by atoms with Crippen LogP contribution >= 0.6 is 35.0 Å². The van der Waals surface area contributed by atoms with Crippen molar-refractivity contribution in [1.29, 1.82) is 0 Å². The van der Waals surface area contributed by atoms with Crippen molar-refractivity contribution >= 4 is 51.8 Å². The largest absolute Gasteiger partial charge is 0.479 e. The van der Waals surface area contributed by atoms with Crippen LogP contribution in [0, 0.1) is 0 Å². The van der Waals surface area contributed by atoms with E-state index >= 15 is 0 Å². The van der Waals surface area contributed by atoms with Crippen LogP contribution in [0.2, 0.25) is 10.0 Å². The molecule has 8 heteroatoms. The lowest BCUT2D eigenvalue weighted by Crippen LogP contribution is -2.30. The Kier molecular flexibility index (Phi) is 7.20. The molecule has 0 saturated carbocycles. The molecule has 0 heterocycles. The van der Waals surface area contributed by atoms with E-state index in [1.54, 1.807) is 63.5 Å². The fraction of sp³-hybridized carbons (Fsp3) is 0.222. The Balaban J connectivity index is 2.09. The summed E-state index contributed by atoms with van der Waals surface area (Å²) in [7, 11) is 3.34. The van der Waals surface area contributed by atoms with Crippen LogP contribution in [-0.4, -0.2) is 36.2 Å². The van der Waals surface area contributed by atoms with Gasteiger partial charge in [0.15, 0.2) is 6.10 Å². The minimum Gasteiger partial charge on any atom is -0.479 e. The summed E-state index contributed by atoms with van der Waals surface area (Å²) in [5.41, 5.74) is 0.533. The van der Waals surface area contributed by atoms with Gasteiger partial charge in [-0.2, -0.15) is 0 Å². The van der Waals surface area contributed by atoms with Gasteiger partial charge < -0.3 is 15.0 Å². The van der Waals surface area contributed by atoms with Crippen LogP contribution in [0.15, 0.2) is 47.4 Å². The van der Waals surface area contributed by atoms with E-state index < -0.39 is 6.10 Å². The number of thioether (sulfide) groups is 1. The number of amides is 2. The predicted octanol–water partition coefficient (Wildman–Crippen LogP) is 5.17. The highest BCUT2D eigenvalue weighted by Crippen LogP contribution is 2.32. The number of carbonyl (C=O) groups excluding carboxylic acids is 2. The molecule has 26 heavy (non-hydrogen) atoms. The van der Waals surface area contributed by atoms with Crippen LogP contribution in [0.1, 0.15) is 6.92 Å². The lowest BCUT2D eigenvalue weighted by atomic mass is 10.3. The second-order valence-electron chi connectivity index (χ2n) is 5.56. The Morgan fingerprint density at radius 2 is 1.81 bits per heavy atom. The smallest absolute Gasteiger partial charge is 0.286 e. The molecule has 1 N–H and O–H groups in total. The molecule has 2 rings (SSSR count). The normalized spacial score (nSPS) is 11.6. The van der Waals surface area contributed by atoms with Crippen LogP contribution in [-0.2, 0) is 4.79 Å². The minimum atomic E-state index is -0.812.